The first-order chi connectivity index (χ1) is 7.70. The van der Waals surface area contributed by atoms with E-state index in [9.17, 15) is 8.42 Å². The quantitative estimate of drug-likeness (QED) is 0.667. The Labute approximate surface area is 106 Å². The smallest absolute Gasteiger partial charge is 0.324 e. The highest BCUT2D eigenvalue weighted by Crippen LogP contribution is 2.35. The van der Waals surface area contributed by atoms with Gasteiger partial charge in [0.15, 0.2) is 0 Å². The molecule has 0 fully saturated rings. The average Bonchev–Trinajstić information content (AvgIpc) is 2.14. The van der Waals surface area contributed by atoms with Crippen LogP contribution < -0.4 is 9.80 Å². The molecule has 5 nitrogen and oxygen atoms in total. The lowest BCUT2D eigenvalue weighted by atomic mass is 10.2. The van der Waals surface area contributed by atoms with E-state index < -0.39 is 9.15 Å². The van der Waals surface area contributed by atoms with Crippen LogP contribution in [0.2, 0.25) is 0 Å². The molecule has 0 amide bonds. The maximum Gasteiger partial charge on any atom is 0.324 e. The predicted molar refractivity (Wildman–Crippen MR) is 72.5 cm³/mol. The Morgan fingerprint density at radius 1 is 1.12 bits per heavy atom. The molecule has 0 heterocycles. The van der Waals surface area contributed by atoms with Gasteiger partial charge in [0, 0.05) is 44.7 Å². The molecule has 0 aliphatic carbocycles. The molecule has 17 heavy (non-hydrogen) atoms. The molecular weight excluding hydrogens is 260 g/mol. The zero-order valence-electron chi connectivity index (χ0n) is 10.2. The first-order valence-corrected chi connectivity index (χ1v) is 7.63. The highest BCUT2D eigenvalue weighted by atomic mass is 33.1. The molecule has 1 aromatic rings. The van der Waals surface area contributed by atoms with Crippen molar-refractivity contribution < 1.29 is 13.0 Å². The van der Waals surface area contributed by atoms with Gasteiger partial charge in [-0.05, 0) is 18.2 Å². The maximum atomic E-state index is 10.9. The fourth-order valence-electron chi connectivity index (χ4n) is 1.33. The van der Waals surface area contributed by atoms with Crippen molar-refractivity contribution >= 4 is 31.3 Å². The zero-order valence-corrected chi connectivity index (χ0v) is 11.8. The lowest BCUT2D eigenvalue weighted by Gasteiger charge is -2.19. The number of hydrogen-bond donors (Lipinski definition) is 1. The van der Waals surface area contributed by atoms with Crippen LogP contribution in [-0.4, -0.2) is 41.2 Å². The predicted octanol–water partition coefficient (Wildman–Crippen LogP) is 1.71. The minimum absolute atomic E-state index is 0.447. The van der Waals surface area contributed by atoms with Crippen molar-refractivity contribution in [1.82, 2.24) is 0 Å². The normalized spacial score (nSPS) is 11.4. The maximum absolute atomic E-state index is 10.9. The van der Waals surface area contributed by atoms with E-state index in [-0.39, 0.29) is 0 Å². The van der Waals surface area contributed by atoms with E-state index in [1.54, 1.807) is 11.0 Å². The lowest BCUT2D eigenvalue weighted by Crippen LogP contribution is -2.12. The third kappa shape index (κ3) is 4.10. The van der Waals surface area contributed by atoms with Crippen LogP contribution in [-0.2, 0) is 9.15 Å². The van der Waals surface area contributed by atoms with E-state index >= 15 is 0 Å². The Bertz CT molecular complexity index is 498. The van der Waals surface area contributed by atoms with E-state index in [4.69, 9.17) is 4.55 Å². The summed E-state index contributed by atoms with van der Waals surface area (Å²) < 4.78 is 30.8. The van der Waals surface area contributed by atoms with E-state index in [0.29, 0.717) is 15.7 Å². The van der Waals surface area contributed by atoms with E-state index in [1.807, 2.05) is 45.2 Å². The van der Waals surface area contributed by atoms with Crippen molar-refractivity contribution in [2.45, 2.75) is 4.90 Å². The van der Waals surface area contributed by atoms with Gasteiger partial charge in [0.25, 0.3) is 0 Å². The topological polar surface area (TPSA) is 60.9 Å². The van der Waals surface area contributed by atoms with Crippen molar-refractivity contribution in [1.29, 1.82) is 0 Å². The van der Waals surface area contributed by atoms with E-state index in [2.05, 4.69) is 0 Å². The van der Waals surface area contributed by atoms with Crippen LogP contribution in [0.4, 0.5) is 11.4 Å². The molecule has 0 saturated heterocycles. The molecule has 0 atom stereocenters. The van der Waals surface area contributed by atoms with Crippen LogP contribution in [0.1, 0.15) is 0 Å². The molecular formula is C10H16N2O3S2. The van der Waals surface area contributed by atoms with Gasteiger partial charge in [-0.1, -0.05) is 0 Å². The van der Waals surface area contributed by atoms with Gasteiger partial charge >= 0.3 is 9.15 Å². The van der Waals surface area contributed by atoms with Crippen LogP contribution in [0, 0.1) is 0 Å². The Morgan fingerprint density at radius 2 is 1.71 bits per heavy atom. The Balaban J connectivity index is 3.25. The third-order valence-corrected chi connectivity index (χ3v) is 4.02. The second-order valence-electron chi connectivity index (χ2n) is 3.95. The summed E-state index contributed by atoms with van der Waals surface area (Å²) >= 11 is 0. The van der Waals surface area contributed by atoms with Gasteiger partial charge in [-0.15, -0.1) is 0 Å². The molecule has 0 spiro atoms. The van der Waals surface area contributed by atoms with Crippen LogP contribution in [0.15, 0.2) is 23.1 Å². The molecule has 1 rings (SSSR count). The van der Waals surface area contributed by atoms with Gasteiger partial charge < -0.3 is 9.80 Å². The van der Waals surface area contributed by atoms with Crippen LogP contribution in [0.3, 0.4) is 0 Å². The summed E-state index contributed by atoms with van der Waals surface area (Å²) in [4.78, 5) is 4.17. The monoisotopic (exact) mass is 276 g/mol. The number of nitrogens with zero attached hydrogens (tertiary/aromatic N) is 2. The highest BCUT2D eigenvalue weighted by molar-refractivity contribution is 8.70. The molecule has 96 valence electrons. The van der Waals surface area contributed by atoms with Crippen molar-refractivity contribution in [3.05, 3.63) is 18.2 Å². The highest BCUT2D eigenvalue weighted by Gasteiger charge is 2.14. The minimum atomic E-state index is -4.10. The Morgan fingerprint density at radius 3 is 2.12 bits per heavy atom. The Hall–Kier alpha value is -0.920. The van der Waals surface area contributed by atoms with E-state index in [1.165, 1.54) is 0 Å². The van der Waals surface area contributed by atoms with Gasteiger partial charge in [-0.3, -0.25) is 4.55 Å². The molecule has 1 aromatic carbocycles. The fraction of sp³-hybridized carbons (Fsp3) is 0.400. The Kier molecular flexibility index (Phi) is 4.29. The fourth-order valence-corrected chi connectivity index (χ4v) is 3.14. The van der Waals surface area contributed by atoms with Gasteiger partial charge in [-0.2, -0.15) is 8.42 Å². The standard InChI is InChI=1S/C10H16N2O3S2/c1-11(2)8-5-6-9(12(3)4)10(7-8)16-17(13,14)15/h5-7H,1-4H3,(H,13,14,15). The summed E-state index contributed by atoms with van der Waals surface area (Å²) in [5.74, 6) is 0. The second-order valence-corrected chi connectivity index (χ2v) is 7.18. The summed E-state index contributed by atoms with van der Waals surface area (Å²) in [6, 6.07) is 5.44. The third-order valence-electron chi connectivity index (χ3n) is 2.14. The molecule has 0 radical (unpaired) electrons. The largest absolute Gasteiger partial charge is 0.378 e. The number of anilines is 2. The molecule has 0 aliphatic heterocycles. The summed E-state index contributed by atoms with van der Waals surface area (Å²) in [6.07, 6.45) is 0. The summed E-state index contributed by atoms with van der Waals surface area (Å²) in [6.45, 7) is 0. The first-order valence-electron chi connectivity index (χ1n) is 4.86. The molecule has 0 saturated carbocycles. The van der Waals surface area contributed by atoms with Crippen LogP contribution in [0.25, 0.3) is 0 Å². The lowest BCUT2D eigenvalue weighted by molar-refractivity contribution is 0.503. The summed E-state index contributed by atoms with van der Waals surface area (Å²) in [5, 5.41) is 0. The van der Waals surface area contributed by atoms with Gasteiger partial charge in [0.2, 0.25) is 0 Å². The molecule has 7 heteroatoms. The first kappa shape index (κ1) is 14.1. The van der Waals surface area contributed by atoms with Crippen molar-refractivity contribution in [3.8, 4) is 0 Å². The molecule has 0 aliphatic rings. The van der Waals surface area contributed by atoms with E-state index in [0.717, 1.165) is 11.4 Å². The minimum Gasteiger partial charge on any atom is -0.378 e. The van der Waals surface area contributed by atoms with Gasteiger partial charge in [0.1, 0.15) is 0 Å². The second kappa shape index (κ2) is 5.16. The van der Waals surface area contributed by atoms with Gasteiger partial charge in [-0.25, -0.2) is 0 Å². The number of benzene rings is 1. The molecule has 0 unspecified atom stereocenters. The molecule has 0 bridgehead atoms. The zero-order chi connectivity index (χ0) is 13.2. The van der Waals surface area contributed by atoms with Crippen molar-refractivity contribution in [3.63, 3.8) is 0 Å². The van der Waals surface area contributed by atoms with Crippen LogP contribution in [0.5, 0.6) is 0 Å². The number of rotatable bonds is 4. The van der Waals surface area contributed by atoms with Gasteiger partial charge in [0.05, 0.1) is 10.6 Å². The van der Waals surface area contributed by atoms with Crippen molar-refractivity contribution in [2.75, 3.05) is 38.0 Å². The molecule has 1 N–H and O–H groups in total. The summed E-state index contributed by atoms with van der Waals surface area (Å²) in [5.41, 5.74) is 1.62. The summed E-state index contributed by atoms with van der Waals surface area (Å²) in [7, 11) is 3.71. The van der Waals surface area contributed by atoms with Crippen molar-refractivity contribution in [2.24, 2.45) is 0 Å². The number of hydrogen-bond acceptors (Lipinski definition) is 5. The van der Waals surface area contributed by atoms with Crippen LogP contribution >= 0.6 is 10.8 Å². The SMILES string of the molecule is CN(C)c1ccc(N(C)C)c(SS(=O)(=O)O)c1. The average molecular weight is 276 g/mol. The molecule has 0 aromatic heterocycles.